The smallest absolute Gasteiger partial charge is 0.296 e. The molecule has 14 heavy (non-hydrogen) atoms. The van der Waals surface area contributed by atoms with E-state index in [4.69, 9.17) is 4.74 Å². The first kappa shape index (κ1) is 9.06. The van der Waals surface area contributed by atoms with Gasteiger partial charge in [-0.3, -0.25) is 4.57 Å². The van der Waals surface area contributed by atoms with Gasteiger partial charge in [0.15, 0.2) is 0 Å². The van der Waals surface area contributed by atoms with Crippen molar-refractivity contribution in [1.82, 2.24) is 9.55 Å². The Bertz CT molecular complexity index is 485. The van der Waals surface area contributed by atoms with Crippen molar-refractivity contribution in [1.29, 1.82) is 0 Å². The molecule has 3 heteroatoms. The number of ether oxygens (including phenoxy) is 1. The molecule has 0 unspecified atom stereocenters. The van der Waals surface area contributed by atoms with E-state index in [1.807, 2.05) is 11.6 Å². The first-order valence-corrected chi connectivity index (χ1v) is 4.61. The van der Waals surface area contributed by atoms with Gasteiger partial charge in [0.25, 0.3) is 6.01 Å². The molecule has 74 valence electrons. The lowest BCUT2D eigenvalue weighted by molar-refractivity contribution is 0.368. The average molecular weight is 190 g/mol. The molecule has 3 nitrogen and oxygen atoms in total. The summed E-state index contributed by atoms with van der Waals surface area (Å²) in [4.78, 5) is 4.43. The quantitative estimate of drug-likeness (QED) is 0.689. The summed E-state index contributed by atoms with van der Waals surface area (Å²) in [7, 11) is 3.62. The molecule has 0 radical (unpaired) electrons. The fourth-order valence-electron chi connectivity index (χ4n) is 1.79. The Kier molecular flexibility index (Phi) is 1.95. The van der Waals surface area contributed by atoms with Crippen LogP contribution in [0.1, 0.15) is 11.1 Å². The van der Waals surface area contributed by atoms with E-state index < -0.39 is 0 Å². The highest BCUT2D eigenvalue weighted by Crippen LogP contribution is 2.25. The molecule has 0 atom stereocenters. The lowest BCUT2D eigenvalue weighted by Crippen LogP contribution is -1.94. The summed E-state index contributed by atoms with van der Waals surface area (Å²) in [5.41, 5.74) is 4.60. The van der Waals surface area contributed by atoms with Crippen LogP contribution in [0.3, 0.4) is 0 Å². The molecule has 0 spiro atoms. The lowest BCUT2D eigenvalue weighted by atomic mass is 10.1. The first-order chi connectivity index (χ1) is 6.65. The Labute approximate surface area is 83.3 Å². The summed E-state index contributed by atoms with van der Waals surface area (Å²) in [6, 6.07) is 4.86. The van der Waals surface area contributed by atoms with Crippen molar-refractivity contribution in [2.45, 2.75) is 13.8 Å². The molecule has 1 aromatic carbocycles. The molecule has 0 aliphatic carbocycles. The van der Waals surface area contributed by atoms with Crippen molar-refractivity contribution >= 4 is 11.0 Å². The second kappa shape index (κ2) is 3.01. The highest BCUT2D eigenvalue weighted by Gasteiger charge is 2.11. The van der Waals surface area contributed by atoms with E-state index in [0.29, 0.717) is 6.01 Å². The van der Waals surface area contributed by atoms with Gasteiger partial charge in [-0.25, -0.2) is 0 Å². The van der Waals surface area contributed by atoms with Gasteiger partial charge in [0.05, 0.1) is 18.1 Å². The fraction of sp³-hybridized carbons (Fsp3) is 0.364. The van der Waals surface area contributed by atoms with Crippen LogP contribution in [0.15, 0.2) is 12.1 Å². The van der Waals surface area contributed by atoms with Crippen LogP contribution in [-0.2, 0) is 7.05 Å². The minimum absolute atomic E-state index is 0.664. The number of benzene rings is 1. The Morgan fingerprint density at radius 3 is 2.43 bits per heavy atom. The van der Waals surface area contributed by atoms with Gasteiger partial charge in [0, 0.05) is 7.05 Å². The van der Waals surface area contributed by atoms with Gasteiger partial charge >= 0.3 is 0 Å². The molecule has 1 aromatic heterocycles. The molecule has 0 saturated heterocycles. The third-order valence-electron chi connectivity index (χ3n) is 2.57. The number of methoxy groups -OCH3 is 1. The van der Waals surface area contributed by atoms with E-state index in [9.17, 15) is 0 Å². The van der Waals surface area contributed by atoms with Crippen molar-refractivity contribution in [3.63, 3.8) is 0 Å². The predicted octanol–water partition coefficient (Wildman–Crippen LogP) is 2.20. The van der Waals surface area contributed by atoms with Gasteiger partial charge in [0.1, 0.15) is 0 Å². The molecule has 2 aromatic rings. The van der Waals surface area contributed by atoms with Crippen molar-refractivity contribution in [3.05, 3.63) is 23.3 Å². The Balaban J connectivity index is 2.90. The van der Waals surface area contributed by atoms with Crippen molar-refractivity contribution in [3.8, 4) is 6.01 Å². The molecule has 0 bridgehead atoms. The molecule has 0 fully saturated rings. The second-order valence-corrected chi connectivity index (χ2v) is 3.55. The third-order valence-corrected chi connectivity index (χ3v) is 2.57. The second-order valence-electron chi connectivity index (χ2n) is 3.55. The highest BCUT2D eigenvalue weighted by atomic mass is 16.5. The Morgan fingerprint density at radius 1 is 1.21 bits per heavy atom. The first-order valence-electron chi connectivity index (χ1n) is 4.61. The topological polar surface area (TPSA) is 27.1 Å². The zero-order chi connectivity index (χ0) is 10.3. The van der Waals surface area contributed by atoms with E-state index in [-0.39, 0.29) is 0 Å². The van der Waals surface area contributed by atoms with Crippen LogP contribution in [0, 0.1) is 13.8 Å². The van der Waals surface area contributed by atoms with Crippen molar-refractivity contribution in [2.24, 2.45) is 7.05 Å². The summed E-state index contributed by atoms with van der Waals surface area (Å²) in [5.74, 6) is 0. The summed E-state index contributed by atoms with van der Waals surface area (Å²) in [6.07, 6.45) is 0. The number of imidazole rings is 1. The summed E-state index contributed by atoms with van der Waals surface area (Å²) < 4.78 is 7.18. The zero-order valence-electron chi connectivity index (χ0n) is 8.96. The van der Waals surface area contributed by atoms with Gasteiger partial charge < -0.3 is 4.74 Å². The maximum absolute atomic E-state index is 5.19. The number of aromatic nitrogens is 2. The highest BCUT2D eigenvalue weighted by molar-refractivity contribution is 5.83. The van der Waals surface area contributed by atoms with E-state index in [1.165, 1.54) is 11.1 Å². The van der Waals surface area contributed by atoms with Crippen LogP contribution in [0.2, 0.25) is 0 Å². The number of fused-ring (bicyclic) bond motifs is 1. The average Bonchev–Trinajstić information content (AvgIpc) is 2.51. The monoisotopic (exact) mass is 190 g/mol. The van der Waals surface area contributed by atoms with Gasteiger partial charge in [-0.1, -0.05) is 12.1 Å². The molecule has 0 N–H and O–H groups in total. The Hall–Kier alpha value is -1.51. The van der Waals surface area contributed by atoms with Crippen LogP contribution < -0.4 is 4.74 Å². The normalized spacial score (nSPS) is 10.9. The van der Waals surface area contributed by atoms with Gasteiger partial charge in [-0.05, 0) is 25.0 Å². The number of hydrogen-bond acceptors (Lipinski definition) is 2. The standard InChI is InChI=1S/C11H14N2O/c1-7-5-6-8(2)10-9(7)12-11(14-4)13(10)3/h5-6H,1-4H3. The van der Waals surface area contributed by atoms with Crippen molar-refractivity contribution < 1.29 is 4.74 Å². The summed E-state index contributed by atoms with van der Waals surface area (Å²) in [5, 5.41) is 0. The molecule has 0 saturated carbocycles. The van der Waals surface area contributed by atoms with Gasteiger partial charge in [-0.15, -0.1) is 0 Å². The van der Waals surface area contributed by atoms with E-state index >= 15 is 0 Å². The molecule has 1 heterocycles. The molecular formula is C11H14N2O. The van der Waals surface area contributed by atoms with Gasteiger partial charge in [0.2, 0.25) is 0 Å². The minimum atomic E-state index is 0.664. The molecule has 0 aliphatic rings. The number of nitrogens with zero attached hydrogens (tertiary/aromatic N) is 2. The lowest BCUT2D eigenvalue weighted by Gasteiger charge is -2.02. The van der Waals surface area contributed by atoms with Crippen LogP contribution in [-0.4, -0.2) is 16.7 Å². The van der Waals surface area contributed by atoms with Crippen LogP contribution in [0.4, 0.5) is 0 Å². The maximum Gasteiger partial charge on any atom is 0.296 e. The van der Waals surface area contributed by atoms with Crippen molar-refractivity contribution in [2.75, 3.05) is 7.11 Å². The van der Waals surface area contributed by atoms with E-state index in [2.05, 4.69) is 31.0 Å². The zero-order valence-corrected chi connectivity index (χ0v) is 8.96. The predicted molar refractivity (Wildman–Crippen MR) is 56.7 cm³/mol. The number of hydrogen-bond donors (Lipinski definition) is 0. The summed E-state index contributed by atoms with van der Waals surface area (Å²) >= 11 is 0. The van der Waals surface area contributed by atoms with Gasteiger partial charge in [-0.2, -0.15) is 4.98 Å². The molecule has 2 rings (SSSR count). The number of rotatable bonds is 1. The van der Waals surface area contributed by atoms with E-state index in [1.54, 1.807) is 7.11 Å². The van der Waals surface area contributed by atoms with Crippen LogP contribution in [0.5, 0.6) is 6.01 Å². The molecule has 0 amide bonds. The maximum atomic E-state index is 5.19. The SMILES string of the molecule is COc1nc2c(C)ccc(C)c2n1C. The molecular weight excluding hydrogens is 176 g/mol. The largest absolute Gasteiger partial charge is 0.468 e. The fourth-order valence-corrected chi connectivity index (χ4v) is 1.79. The summed E-state index contributed by atoms with van der Waals surface area (Å²) in [6.45, 7) is 4.15. The minimum Gasteiger partial charge on any atom is -0.468 e. The van der Waals surface area contributed by atoms with Crippen LogP contribution in [0.25, 0.3) is 11.0 Å². The third kappa shape index (κ3) is 1.09. The molecule has 0 aliphatic heterocycles. The van der Waals surface area contributed by atoms with E-state index in [0.717, 1.165) is 11.0 Å². The number of aryl methyl sites for hydroxylation is 3. The Morgan fingerprint density at radius 2 is 1.86 bits per heavy atom. The van der Waals surface area contributed by atoms with Crippen LogP contribution >= 0.6 is 0 Å².